The highest BCUT2D eigenvalue weighted by Crippen LogP contribution is 1.99. The summed E-state index contributed by atoms with van der Waals surface area (Å²) in [4.78, 5) is 0. The zero-order valence-electron chi connectivity index (χ0n) is 6.39. The van der Waals surface area contributed by atoms with Crippen molar-refractivity contribution < 1.29 is 4.74 Å². The third-order valence-corrected chi connectivity index (χ3v) is 1.47. The van der Waals surface area contributed by atoms with E-state index >= 15 is 0 Å². The van der Waals surface area contributed by atoms with Gasteiger partial charge in [-0.2, -0.15) is 0 Å². The molecule has 1 unspecified atom stereocenters. The summed E-state index contributed by atoms with van der Waals surface area (Å²) in [5.41, 5.74) is 5.44. The molecular weight excluding hydrogens is 114 g/mol. The highest BCUT2D eigenvalue weighted by molar-refractivity contribution is 4.54. The summed E-state index contributed by atoms with van der Waals surface area (Å²) in [6.45, 7) is 6.51. The average molecular weight is 131 g/mol. The van der Waals surface area contributed by atoms with Crippen LogP contribution in [0.4, 0.5) is 0 Å². The lowest BCUT2D eigenvalue weighted by Crippen LogP contribution is -2.18. The van der Waals surface area contributed by atoms with Crippen LogP contribution in [0.15, 0.2) is 0 Å². The second-order valence-corrected chi connectivity index (χ2v) is 2.17. The molecule has 0 rings (SSSR count). The number of hydrogen-bond acceptors (Lipinski definition) is 2. The average Bonchev–Trinajstić information content (AvgIpc) is 1.91. The molecule has 9 heavy (non-hydrogen) atoms. The van der Waals surface area contributed by atoms with Gasteiger partial charge in [0.15, 0.2) is 0 Å². The van der Waals surface area contributed by atoms with Gasteiger partial charge in [-0.25, -0.2) is 0 Å². The summed E-state index contributed by atoms with van der Waals surface area (Å²) in [7, 11) is 0. The van der Waals surface area contributed by atoms with E-state index in [2.05, 4.69) is 6.92 Å². The van der Waals surface area contributed by atoms with E-state index in [1.54, 1.807) is 0 Å². The molecule has 0 aromatic heterocycles. The van der Waals surface area contributed by atoms with Crippen molar-refractivity contribution in [1.29, 1.82) is 0 Å². The number of ether oxygens (including phenoxy) is 1. The Bertz CT molecular complexity index is 52.9. The normalized spacial score (nSPS) is 13.7. The molecule has 0 fully saturated rings. The van der Waals surface area contributed by atoms with E-state index in [9.17, 15) is 0 Å². The molecule has 0 aliphatic heterocycles. The first-order valence-electron chi connectivity index (χ1n) is 3.62. The Morgan fingerprint density at radius 2 is 2.11 bits per heavy atom. The molecule has 1 atom stereocenters. The van der Waals surface area contributed by atoms with E-state index < -0.39 is 0 Å². The van der Waals surface area contributed by atoms with Crippen LogP contribution >= 0.6 is 0 Å². The molecule has 2 N–H and O–H groups in total. The fourth-order valence-corrected chi connectivity index (χ4v) is 0.637. The van der Waals surface area contributed by atoms with Gasteiger partial charge in [0.2, 0.25) is 0 Å². The summed E-state index contributed by atoms with van der Waals surface area (Å²) in [5.74, 6) is 0.560. The Morgan fingerprint density at radius 3 is 2.44 bits per heavy atom. The van der Waals surface area contributed by atoms with Crippen LogP contribution in [0.3, 0.4) is 0 Å². The summed E-state index contributed by atoms with van der Waals surface area (Å²) in [5, 5.41) is 0. The minimum Gasteiger partial charge on any atom is -0.381 e. The maximum Gasteiger partial charge on any atom is 0.0506 e. The summed E-state index contributed by atoms with van der Waals surface area (Å²) in [6.07, 6.45) is 1.12. The lowest BCUT2D eigenvalue weighted by atomic mass is 10.1. The number of hydrogen-bond donors (Lipinski definition) is 1. The van der Waals surface area contributed by atoms with E-state index in [0.717, 1.165) is 26.2 Å². The van der Waals surface area contributed by atoms with Crippen molar-refractivity contribution in [2.24, 2.45) is 11.7 Å². The molecule has 2 nitrogen and oxygen atoms in total. The van der Waals surface area contributed by atoms with E-state index in [1.807, 2.05) is 6.92 Å². The molecule has 0 saturated carbocycles. The maximum absolute atomic E-state index is 5.44. The van der Waals surface area contributed by atoms with Crippen molar-refractivity contribution in [3.8, 4) is 0 Å². The molecule has 0 saturated heterocycles. The SMILES string of the molecule is CCOCC(CC)CN. The highest BCUT2D eigenvalue weighted by atomic mass is 16.5. The van der Waals surface area contributed by atoms with Crippen LogP contribution < -0.4 is 5.73 Å². The van der Waals surface area contributed by atoms with Crippen LogP contribution in [0.1, 0.15) is 20.3 Å². The predicted octanol–water partition coefficient (Wildman–Crippen LogP) is 1.01. The zero-order chi connectivity index (χ0) is 7.11. The Morgan fingerprint density at radius 1 is 1.44 bits per heavy atom. The Hall–Kier alpha value is -0.0800. The molecule has 0 aliphatic rings. The molecule has 0 radical (unpaired) electrons. The smallest absolute Gasteiger partial charge is 0.0506 e. The molecule has 0 aliphatic carbocycles. The van der Waals surface area contributed by atoms with Crippen molar-refractivity contribution >= 4 is 0 Å². The third-order valence-electron chi connectivity index (χ3n) is 1.47. The topological polar surface area (TPSA) is 35.2 Å². The minimum absolute atomic E-state index is 0.560. The van der Waals surface area contributed by atoms with E-state index in [4.69, 9.17) is 10.5 Å². The van der Waals surface area contributed by atoms with Gasteiger partial charge >= 0.3 is 0 Å². The fourth-order valence-electron chi connectivity index (χ4n) is 0.637. The first kappa shape index (κ1) is 8.92. The molecule has 0 bridgehead atoms. The lowest BCUT2D eigenvalue weighted by Gasteiger charge is -2.10. The lowest BCUT2D eigenvalue weighted by molar-refractivity contribution is 0.111. The van der Waals surface area contributed by atoms with E-state index in [1.165, 1.54) is 0 Å². The van der Waals surface area contributed by atoms with Crippen molar-refractivity contribution in [2.75, 3.05) is 19.8 Å². The van der Waals surface area contributed by atoms with Gasteiger partial charge in [-0.1, -0.05) is 6.92 Å². The largest absolute Gasteiger partial charge is 0.381 e. The van der Waals surface area contributed by atoms with Gasteiger partial charge in [0, 0.05) is 6.61 Å². The fraction of sp³-hybridized carbons (Fsp3) is 1.00. The molecule has 56 valence electrons. The number of rotatable bonds is 5. The van der Waals surface area contributed by atoms with Crippen LogP contribution in [-0.2, 0) is 4.74 Å². The minimum atomic E-state index is 0.560. The second kappa shape index (κ2) is 6.05. The maximum atomic E-state index is 5.44. The van der Waals surface area contributed by atoms with Gasteiger partial charge < -0.3 is 10.5 Å². The van der Waals surface area contributed by atoms with Gasteiger partial charge in [0.1, 0.15) is 0 Å². The third kappa shape index (κ3) is 4.43. The van der Waals surface area contributed by atoms with Crippen molar-refractivity contribution in [3.63, 3.8) is 0 Å². The van der Waals surface area contributed by atoms with Gasteiger partial charge in [-0.15, -0.1) is 0 Å². The van der Waals surface area contributed by atoms with Crippen molar-refractivity contribution in [3.05, 3.63) is 0 Å². The van der Waals surface area contributed by atoms with Crippen molar-refractivity contribution in [2.45, 2.75) is 20.3 Å². The van der Waals surface area contributed by atoms with Gasteiger partial charge in [-0.3, -0.25) is 0 Å². The first-order chi connectivity index (χ1) is 4.35. The number of nitrogens with two attached hydrogens (primary N) is 1. The Balaban J connectivity index is 3.09. The summed E-state index contributed by atoms with van der Waals surface area (Å²) >= 11 is 0. The molecule has 2 heteroatoms. The molecule has 0 aromatic carbocycles. The highest BCUT2D eigenvalue weighted by Gasteiger charge is 2.01. The van der Waals surface area contributed by atoms with Gasteiger partial charge in [0.25, 0.3) is 0 Å². The van der Waals surface area contributed by atoms with Crippen LogP contribution in [-0.4, -0.2) is 19.8 Å². The monoisotopic (exact) mass is 131 g/mol. The van der Waals surface area contributed by atoms with E-state index in [0.29, 0.717) is 5.92 Å². The molecule has 0 spiro atoms. The molecule has 0 amide bonds. The van der Waals surface area contributed by atoms with Gasteiger partial charge in [0.05, 0.1) is 6.61 Å². The molecule has 0 aromatic rings. The predicted molar refractivity (Wildman–Crippen MR) is 39.3 cm³/mol. The van der Waals surface area contributed by atoms with Crippen LogP contribution in [0.2, 0.25) is 0 Å². The zero-order valence-corrected chi connectivity index (χ0v) is 6.39. The van der Waals surface area contributed by atoms with Gasteiger partial charge in [-0.05, 0) is 25.8 Å². The van der Waals surface area contributed by atoms with Crippen LogP contribution in [0.5, 0.6) is 0 Å². The summed E-state index contributed by atoms with van der Waals surface area (Å²) < 4.78 is 5.20. The van der Waals surface area contributed by atoms with Crippen LogP contribution in [0, 0.1) is 5.92 Å². The Labute approximate surface area is 57.4 Å². The Kier molecular flexibility index (Phi) is 5.99. The van der Waals surface area contributed by atoms with E-state index in [-0.39, 0.29) is 0 Å². The van der Waals surface area contributed by atoms with Crippen molar-refractivity contribution in [1.82, 2.24) is 0 Å². The van der Waals surface area contributed by atoms with Crippen LogP contribution in [0.25, 0.3) is 0 Å². The summed E-state index contributed by atoms with van der Waals surface area (Å²) in [6, 6.07) is 0. The molecular formula is C7H17NO. The first-order valence-corrected chi connectivity index (χ1v) is 3.62. The standard InChI is InChI=1S/C7H17NO/c1-3-7(5-8)6-9-4-2/h7H,3-6,8H2,1-2H3. The quantitative estimate of drug-likeness (QED) is 0.604. The second-order valence-electron chi connectivity index (χ2n) is 2.17. The molecule has 0 heterocycles.